The Morgan fingerprint density at radius 2 is 2.08 bits per heavy atom. The number of amides is 3. The molecule has 0 aliphatic carbocycles. The molecule has 2 aliphatic rings. The summed E-state index contributed by atoms with van der Waals surface area (Å²) >= 11 is 0. The van der Waals surface area contributed by atoms with Gasteiger partial charge in [-0.05, 0) is 50.8 Å². The van der Waals surface area contributed by atoms with Crippen molar-refractivity contribution in [2.45, 2.75) is 44.8 Å². The number of nitrogens with zero attached hydrogens (tertiary/aromatic N) is 2. The van der Waals surface area contributed by atoms with Gasteiger partial charge in [-0.25, -0.2) is 9.69 Å². The van der Waals surface area contributed by atoms with Crippen LogP contribution < -0.4 is 4.74 Å². The largest absolute Gasteiger partial charge is 0.497 e. The van der Waals surface area contributed by atoms with E-state index in [0.29, 0.717) is 6.54 Å². The highest BCUT2D eigenvalue weighted by Gasteiger charge is 2.48. The van der Waals surface area contributed by atoms with Crippen molar-refractivity contribution >= 4 is 17.9 Å². The van der Waals surface area contributed by atoms with Crippen molar-refractivity contribution < 1.29 is 23.9 Å². The van der Waals surface area contributed by atoms with Gasteiger partial charge in [0.25, 0.3) is 5.91 Å². The molecule has 26 heavy (non-hydrogen) atoms. The summed E-state index contributed by atoms with van der Waals surface area (Å²) in [5.41, 5.74) is -0.223. The summed E-state index contributed by atoms with van der Waals surface area (Å²) in [6.45, 7) is 3.36. The Morgan fingerprint density at radius 3 is 2.73 bits per heavy atom. The van der Waals surface area contributed by atoms with Gasteiger partial charge in [0.05, 0.1) is 13.2 Å². The topological polar surface area (TPSA) is 76.2 Å². The van der Waals surface area contributed by atoms with Gasteiger partial charge in [-0.2, -0.15) is 0 Å². The lowest BCUT2D eigenvalue weighted by Crippen LogP contribution is -2.46. The minimum absolute atomic E-state index is 0.0897. The monoisotopic (exact) mass is 360 g/mol. The van der Waals surface area contributed by atoms with Crippen molar-refractivity contribution in [1.82, 2.24) is 9.80 Å². The van der Waals surface area contributed by atoms with Gasteiger partial charge in [0, 0.05) is 6.54 Å². The maximum Gasteiger partial charge on any atom is 0.418 e. The molecule has 2 aliphatic heterocycles. The molecule has 7 nitrogen and oxygen atoms in total. The molecule has 0 bridgehead atoms. The minimum atomic E-state index is -1.22. The smallest absolute Gasteiger partial charge is 0.418 e. The van der Waals surface area contributed by atoms with E-state index in [1.54, 1.807) is 12.0 Å². The fourth-order valence-electron chi connectivity index (χ4n) is 3.51. The lowest BCUT2D eigenvalue weighted by Gasteiger charge is -2.36. The molecule has 0 aromatic heterocycles. The molecule has 0 saturated carbocycles. The molecule has 3 amide bonds. The first-order valence-electron chi connectivity index (χ1n) is 8.82. The van der Waals surface area contributed by atoms with Crippen LogP contribution in [0.5, 0.6) is 5.75 Å². The minimum Gasteiger partial charge on any atom is -0.497 e. The van der Waals surface area contributed by atoms with Gasteiger partial charge >= 0.3 is 6.09 Å². The van der Waals surface area contributed by atoms with Crippen LogP contribution in [0.1, 0.15) is 44.7 Å². The molecule has 2 fully saturated rings. The van der Waals surface area contributed by atoms with E-state index in [1.165, 1.54) is 13.8 Å². The van der Waals surface area contributed by atoms with Crippen LogP contribution in [0.4, 0.5) is 4.79 Å². The molecule has 2 heterocycles. The van der Waals surface area contributed by atoms with Crippen molar-refractivity contribution in [1.29, 1.82) is 0 Å². The standard InChI is InChI=1S/C19H24N2O5/c1-19(2)17(23)21(18(24)26-19)12-16(22)20-10-5-4-9-15(20)13-7-6-8-14(11-13)25-3/h6-8,11,15H,4-5,9-10,12H2,1-3H3/t15-/m1/s1. The number of piperidine rings is 1. The Hall–Kier alpha value is -2.57. The van der Waals surface area contributed by atoms with Crippen LogP contribution in [0, 0.1) is 0 Å². The first-order valence-corrected chi connectivity index (χ1v) is 8.82. The van der Waals surface area contributed by atoms with Crippen LogP contribution in [0.15, 0.2) is 24.3 Å². The molecule has 0 unspecified atom stereocenters. The number of ether oxygens (including phenoxy) is 2. The summed E-state index contributed by atoms with van der Waals surface area (Å²) < 4.78 is 10.3. The predicted octanol–water partition coefficient (Wildman–Crippen LogP) is 2.51. The molecule has 0 N–H and O–H groups in total. The van der Waals surface area contributed by atoms with Crippen LogP contribution in [-0.2, 0) is 14.3 Å². The first kappa shape index (κ1) is 18.2. The Bertz CT molecular complexity index is 730. The zero-order valence-electron chi connectivity index (χ0n) is 15.4. The highest BCUT2D eigenvalue weighted by molar-refractivity contribution is 6.04. The SMILES string of the molecule is COc1cccc([C@H]2CCCCN2C(=O)CN2C(=O)OC(C)(C)C2=O)c1. The van der Waals surface area contributed by atoms with Gasteiger partial charge in [0.1, 0.15) is 12.3 Å². The first-order chi connectivity index (χ1) is 12.3. The zero-order chi connectivity index (χ0) is 18.9. The summed E-state index contributed by atoms with van der Waals surface area (Å²) in [6, 6.07) is 7.56. The van der Waals surface area contributed by atoms with E-state index in [4.69, 9.17) is 9.47 Å². The zero-order valence-corrected chi connectivity index (χ0v) is 15.4. The lowest BCUT2D eigenvalue weighted by atomic mass is 9.95. The summed E-state index contributed by atoms with van der Waals surface area (Å²) in [6.07, 6.45) is 1.99. The summed E-state index contributed by atoms with van der Waals surface area (Å²) in [4.78, 5) is 39.8. The van der Waals surface area contributed by atoms with E-state index in [9.17, 15) is 14.4 Å². The van der Waals surface area contributed by atoms with E-state index in [2.05, 4.69) is 0 Å². The lowest BCUT2D eigenvalue weighted by molar-refractivity contribution is -0.142. The molecule has 7 heteroatoms. The Balaban J connectivity index is 1.78. The predicted molar refractivity (Wildman–Crippen MR) is 93.6 cm³/mol. The van der Waals surface area contributed by atoms with Gasteiger partial charge in [0.2, 0.25) is 5.91 Å². The van der Waals surface area contributed by atoms with Crippen molar-refractivity contribution in [2.24, 2.45) is 0 Å². The third-order valence-electron chi connectivity index (χ3n) is 4.92. The number of hydrogen-bond donors (Lipinski definition) is 0. The van der Waals surface area contributed by atoms with Crippen molar-refractivity contribution in [3.05, 3.63) is 29.8 Å². The molecular weight excluding hydrogens is 336 g/mol. The third-order valence-corrected chi connectivity index (χ3v) is 4.92. The van der Waals surface area contributed by atoms with E-state index in [0.717, 1.165) is 35.5 Å². The molecule has 1 aromatic carbocycles. The average molecular weight is 360 g/mol. The van der Waals surface area contributed by atoms with Crippen LogP contribution >= 0.6 is 0 Å². The number of hydrogen-bond acceptors (Lipinski definition) is 5. The Morgan fingerprint density at radius 1 is 1.31 bits per heavy atom. The number of likely N-dealkylation sites (tertiary alicyclic amines) is 1. The molecule has 3 rings (SSSR count). The van der Waals surface area contributed by atoms with Crippen molar-refractivity contribution in [3.8, 4) is 5.75 Å². The fraction of sp³-hybridized carbons (Fsp3) is 0.526. The summed E-state index contributed by atoms with van der Waals surface area (Å²) in [5.74, 6) is 0.00632. The number of benzene rings is 1. The quantitative estimate of drug-likeness (QED) is 0.825. The molecular formula is C19H24N2O5. The van der Waals surface area contributed by atoms with Crippen LogP contribution in [0.25, 0.3) is 0 Å². The number of carbonyl (C=O) groups excluding carboxylic acids is 3. The number of carbonyl (C=O) groups is 3. The molecule has 0 spiro atoms. The van der Waals surface area contributed by atoms with Crippen molar-refractivity contribution in [2.75, 3.05) is 20.2 Å². The van der Waals surface area contributed by atoms with Gasteiger partial charge in [0.15, 0.2) is 5.60 Å². The maximum absolute atomic E-state index is 12.9. The number of imide groups is 1. The van der Waals surface area contributed by atoms with E-state index < -0.39 is 17.6 Å². The summed E-state index contributed by atoms with van der Waals surface area (Å²) in [5, 5.41) is 0. The highest BCUT2D eigenvalue weighted by atomic mass is 16.6. The Labute approximate surface area is 152 Å². The second-order valence-corrected chi connectivity index (χ2v) is 7.14. The van der Waals surface area contributed by atoms with Gasteiger partial charge in [-0.15, -0.1) is 0 Å². The molecule has 1 atom stereocenters. The van der Waals surface area contributed by atoms with E-state index >= 15 is 0 Å². The third kappa shape index (κ3) is 3.38. The van der Waals surface area contributed by atoms with Gasteiger partial charge in [-0.3, -0.25) is 9.59 Å². The van der Waals surface area contributed by atoms with Crippen LogP contribution in [0.2, 0.25) is 0 Å². The number of cyclic esters (lactones) is 1. The summed E-state index contributed by atoms with van der Waals surface area (Å²) in [7, 11) is 1.61. The number of rotatable bonds is 4. The van der Waals surface area contributed by atoms with E-state index in [-0.39, 0.29) is 18.5 Å². The highest BCUT2D eigenvalue weighted by Crippen LogP contribution is 2.33. The molecule has 2 saturated heterocycles. The van der Waals surface area contributed by atoms with Crippen LogP contribution in [0.3, 0.4) is 0 Å². The number of methoxy groups -OCH3 is 1. The van der Waals surface area contributed by atoms with Gasteiger partial charge in [-0.1, -0.05) is 12.1 Å². The normalized spacial score (nSPS) is 22.3. The molecule has 140 valence electrons. The average Bonchev–Trinajstić information content (AvgIpc) is 2.83. The fourth-order valence-corrected chi connectivity index (χ4v) is 3.51. The second-order valence-electron chi connectivity index (χ2n) is 7.14. The molecule has 1 aromatic rings. The molecule has 0 radical (unpaired) electrons. The van der Waals surface area contributed by atoms with Crippen LogP contribution in [-0.4, -0.2) is 53.5 Å². The maximum atomic E-state index is 12.9. The van der Waals surface area contributed by atoms with Crippen molar-refractivity contribution in [3.63, 3.8) is 0 Å². The van der Waals surface area contributed by atoms with E-state index in [1.807, 2.05) is 24.3 Å². The second kappa shape index (κ2) is 6.97. The van der Waals surface area contributed by atoms with Gasteiger partial charge < -0.3 is 14.4 Å². The Kier molecular flexibility index (Phi) is 4.89.